The molecular weight excluding hydrogens is 358 g/mol. The molecule has 0 aliphatic heterocycles. The van der Waals surface area contributed by atoms with E-state index in [9.17, 15) is 13.2 Å². The Morgan fingerprint density at radius 2 is 1.95 bits per heavy atom. The zero-order valence-corrected chi connectivity index (χ0v) is 12.4. The first-order valence-electron chi connectivity index (χ1n) is 4.61. The summed E-state index contributed by atoms with van der Waals surface area (Å²) >= 11 is 3.72. The molecule has 0 radical (unpaired) electrons. The van der Waals surface area contributed by atoms with Gasteiger partial charge in [0.25, 0.3) is 0 Å². The minimum Gasteiger partial charge on any atom is -0.477 e. The Kier molecular flexibility index (Phi) is 5.03. The summed E-state index contributed by atoms with van der Waals surface area (Å²) in [5, 5.41) is 25.9. The van der Waals surface area contributed by atoms with Crippen LogP contribution in [0, 0.1) is 22.7 Å². The van der Waals surface area contributed by atoms with Crippen LogP contribution >= 0.6 is 27.3 Å². The summed E-state index contributed by atoms with van der Waals surface area (Å²) in [4.78, 5) is 10.4. The van der Waals surface area contributed by atoms with Gasteiger partial charge in [-0.2, -0.15) is 14.8 Å². The Hall–Kier alpha value is -1.46. The van der Waals surface area contributed by atoms with Crippen molar-refractivity contribution in [1.29, 1.82) is 10.5 Å². The summed E-state index contributed by atoms with van der Waals surface area (Å²) in [7, 11) is -4.08. The maximum Gasteiger partial charge on any atom is 0.345 e. The largest absolute Gasteiger partial charge is 0.477 e. The zero-order chi connectivity index (χ0) is 14.6. The van der Waals surface area contributed by atoms with Crippen molar-refractivity contribution in [2.24, 2.45) is 0 Å². The molecule has 19 heavy (non-hydrogen) atoms. The first kappa shape index (κ1) is 15.6. The van der Waals surface area contributed by atoms with Gasteiger partial charge in [0, 0.05) is 0 Å². The molecule has 0 aromatic carbocycles. The number of carbonyl (C=O) groups is 1. The van der Waals surface area contributed by atoms with Gasteiger partial charge in [0.05, 0.1) is 15.9 Å². The molecule has 0 unspecified atom stereocenters. The average Bonchev–Trinajstić information content (AvgIpc) is 2.72. The third kappa shape index (κ3) is 3.30. The standard InChI is InChI=1S/C9H6BrN3O4S2/c10-8-7(5-6(18-8)9(14)15)19(16,17)13(3-1-11)4-2-12/h5H,3-4H2,(H,14,15). The molecule has 1 rings (SSSR count). The first-order valence-corrected chi connectivity index (χ1v) is 7.66. The summed E-state index contributed by atoms with van der Waals surface area (Å²) in [6, 6.07) is 4.28. The monoisotopic (exact) mass is 363 g/mol. The molecule has 0 atom stereocenters. The van der Waals surface area contributed by atoms with Crippen molar-refractivity contribution in [3.05, 3.63) is 14.7 Å². The highest BCUT2D eigenvalue weighted by atomic mass is 79.9. The van der Waals surface area contributed by atoms with Crippen LogP contribution in [0.5, 0.6) is 0 Å². The number of sulfonamides is 1. The molecule has 1 aromatic rings. The molecule has 100 valence electrons. The number of aromatic carboxylic acids is 1. The summed E-state index contributed by atoms with van der Waals surface area (Å²) in [6.07, 6.45) is 0. The summed E-state index contributed by atoms with van der Waals surface area (Å²) in [6.45, 7) is -0.971. The van der Waals surface area contributed by atoms with Crippen LogP contribution in [0.15, 0.2) is 14.7 Å². The molecule has 1 N–H and O–H groups in total. The zero-order valence-electron chi connectivity index (χ0n) is 9.20. The molecule has 0 aliphatic carbocycles. The fourth-order valence-corrected chi connectivity index (χ4v) is 4.74. The quantitative estimate of drug-likeness (QED) is 0.785. The van der Waals surface area contributed by atoms with Crippen LogP contribution in [0.3, 0.4) is 0 Å². The van der Waals surface area contributed by atoms with Crippen molar-refractivity contribution in [3.8, 4) is 12.1 Å². The van der Waals surface area contributed by atoms with E-state index in [4.69, 9.17) is 15.6 Å². The van der Waals surface area contributed by atoms with Gasteiger partial charge in [0.1, 0.15) is 22.9 Å². The SMILES string of the molecule is N#CCN(CC#N)S(=O)(=O)c1cc(C(=O)O)sc1Br. The number of hydrogen-bond acceptors (Lipinski definition) is 6. The van der Waals surface area contributed by atoms with Crippen molar-refractivity contribution in [2.75, 3.05) is 13.1 Å². The Morgan fingerprint density at radius 3 is 2.32 bits per heavy atom. The van der Waals surface area contributed by atoms with Crippen molar-refractivity contribution < 1.29 is 18.3 Å². The van der Waals surface area contributed by atoms with Gasteiger partial charge in [-0.25, -0.2) is 13.2 Å². The molecule has 0 saturated heterocycles. The normalized spacial score (nSPS) is 10.9. The second kappa shape index (κ2) is 6.12. The number of nitriles is 2. The van der Waals surface area contributed by atoms with Crippen LogP contribution in [0.1, 0.15) is 9.67 Å². The minimum atomic E-state index is -4.08. The number of carboxylic acid groups (broad SMARTS) is 1. The van der Waals surface area contributed by atoms with E-state index < -0.39 is 29.1 Å². The molecule has 0 spiro atoms. The minimum absolute atomic E-state index is 0.116. The molecule has 0 bridgehead atoms. The first-order chi connectivity index (χ1) is 8.84. The molecule has 1 aromatic heterocycles. The van der Waals surface area contributed by atoms with E-state index >= 15 is 0 Å². The summed E-state index contributed by atoms with van der Waals surface area (Å²) in [5.41, 5.74) is 0. The third-order valence-electron chi connectivity index (χ3n) is 1.98. The van der Waals surface area contributed by atoms with Crippen molar-refractivity contribution in [3.63, 3.8) is 0 Å². The molecule has 7 nitrogen and oxygen atoms in total. The van der Waals surface area contributed by atoms with Gasteiger partial charge in [-0.05, 0) is 22.0 Å². The Morgan fingerprint density at radius 1 is 1.42 bits per heavy atom. The van der Waals surface area contributed by atoms with Crippen LogP contribution in [-0.2, 0) is 10.0 Å². The van der Waals surface area contributed by atoms with E-state index in [0.717, 1.165) is 17.4 Å². The lowest BCUT2D eigenvalue weighted by Gasteiger charge is -2.14. The van der Waals surface area contributed by atoms with Gasteiger partial charge in [0.2, 0.25) is 10.0 Å². The Balaban J connectivity index is 3.30. The van der Waals surface area contributed by atoms with Crippen LogP contribution in [0.2, 0.25) is 0 Å². The highest BCUT2D eigenvalue weighted by molar-refractivity contribution is 9.11. The highest BCUT2D eigenvalue weighted by Gasteiger charge is 2.29. The topological polar surface area (TPSA) is 122 Å². The lowest BCUT2D eigenvalue weighted by molar-refractivity contribution is 0.0702. The molecule has 0 aliphatic rings. The number of hydrogen-bond donors (Lipinski definition) is 1. The summed E-state index contributed by atoms with van der Waals surface area (Å²) < 4.78 is 25.1. The van der Waals surface area contributed by atoms with Crippen molar-refractivity contribution in [2.45, 2.75) is 4.90 Å². The molecule has 0 fully saturated rings. The van der Waals surface area contributed by atoms with Crippen molar-refractivity contribution in [1.82, 2.24) is 4.31 Å². The van der Waals surface area contributed by atoms with E-state index in [2.05, 4.69) is 15.9 Å². The maximum atomic E-state index is 12.2. The Bertz CT molecular complexity index is 667. The van der Waals surface area contributed by atoms with Gasteiger partial charge < -0.3 is 5.11 Å². The van der Waals surface area contributed by atoms with Crippen molar-refractivity contribution >= 4 is 43.3 Å². The van der Waals surface area contributed by atoms with Crippen LogP contribution in [0.25, 0.3) is 0 Å². The second-order valence-electron chi connectivity index (χ2n) is 3.14. The fraction of sp³-hybridized carbons (Fsp3) is 0.222. The van der Waals surface area contributed by atoms with Gasteiger partial charge >= 0.3 is 5.97 Å². The van der Waals surface area contributed by atoms with Gasteiger partial charge in [-0.3, -0.25) is 0 Å². The molecular formula is C9H6BrN3O4S2. The Labute approximate surface area is 121 Å². The van der Waals surface area contributed by atoms with Crippen LogP contribution < -0.4 is 0 Å². The van der Waals surface area contributed by atoms with Gasteiger partial charge in [0.15, 0.2) is 0 Å². The molecule has 1 heterocycles. The molecule has 10 heteroatoms. The molecule has 0 amide bonds. The maximum absolute atomic E-state index is 12.2. The second-order valence-corrected chi connectivity index (χ2v) is 7.42. The van der Waals surface area contributed by atoms with E-state index in [1.807, 2.05) is 0 Å². The van der Waals surface area contributed by atoms with E-state index in [1.165, 1.54) is 0 Å². The van der Waals surface area contributed by atoms with Crippen LogP contribution in [-0.4, -0.2) is 36.9 Å². The number of rotatable bonds is 5. The van der Waals surface area contributed by atoms with E-state index in [0.29, 0.717) is 4.31 Å². The number of thiophene rings is 1. The highest BCUT2D eigenvalue weighted by Crippen LogP contribution is 2.33. The summed E-state index contributed by atoms with van der Waals surface area (Å²) in [5.74, 6) is -1.25. The number of halogens is 1. The smallest absolute Gasteiger partial charge is 0.345 e. The third-order valence-corrected chi connectivity index (χ3v) is 6.01. The van der Waals surface area contributed by atoms with E-state index in [1.54, 1.807) is 12.1 Å². The van der Waals surface area contributed by atoms with Crippen LogP contribution in [0.4, 0.5) is 0 Å². The van der Waals surface area contributed by atoms with Gasteiger partial charge in [-0.15, -0.1) is 11.3 Å². The predicted molar refractivity (Wildman–Crippen MR) is 69.0 cm³/mol. The number of nitrogens with zero attached hydrogens (tertiary/aromatic N) is 3. The number of carboxylic acids is 1. The predicted octanol–water partition coefficient (Wildman–Crippen LogP) is 1.25. The fourth-order valence-electron chi connectivity index (χ4n) is 1.16. The lowest BCUT2D eigenvalue weighted by Crippen LogP contribution is -2.31. The average molecular weight is 364 g/mol. The van der Waals surface area contributed by atoms with Gasteiger partial charge in [-0.1, -0.05) is 0 Å². The molecule has 0 saturated carbocycles. The lowest BCUT2D eigenvalue weighted by atomic mass is 10.5. The van der Waals surface area contributed by atoms with E-state index in [-0.39, 0.29) is 13.6 Å².